The minimum Gasteiger partial charge on any atom is -0.453 e. The van der Waals surface area contributed by atoms with E-state index in [2.05, 4.69) is 36.8 Å². The van der Waals surface area contributed by atoms with Crippen molar-refractivity contribution in [3.63, 3.8) is 0 Å². The lowest BCUT2D eigenvalue weighted by Crippen LogP contribution is -2.55. The molecule has 0 bridgehead atoms. The quantitative estimate of drug-likeness (QED) is 0.468. The van der Waals surface area contributed by atoms with Crippen LogP contribution < -0.4 is 10.6 Å². The van der Waals surface area contributed by atoms with Crippen LogP contribution in [-0.4, -0.2) is 47.7 Å². The standard InChI is InChI=1S/C22H32N2O3Si2/c1-17(25)18-7-9-19(10-8-18)20-11-13-21(14-12-20)22(26)24-16-29(5,6)27-28(3,4)15-23-2/h7-14,23H,15-16H2,1-6H3,(H,24,26). The first-order valence-electron chi connectivity index (χ1n) is 9.87. The molecular formula is C22H32N2O3Si2. The van der Waals surface area contributed by atoms with Crippen molar-refractivity contribution in [3.05, 3.63) is 59.7 Å². The predicted octanol–water partition coefficient (Wildman–Crippen LogP) is 4.01. The Morgan fingerprint density at radius 3 is 1.69 bits per heavy atom. The van der Waals surface area contributed by atoms with E-state index in [1.165, 1.54) is 0 Å². The van der Waals surface area contributed by atoms with Gasteiger partial charge < -0.3 is 14.7 Å². The van der Waals surface area contributed by atoms with Crippen LogP contribution in [0.3, 0.4) is 0 Å². The molecule has 2 aromatic carbocycles. The average Bonchev–Trinajstić information content (AvgIpc) is 2.65. The van der Waals surface area contributed by atoms with Gasteiger partial charge in [-0.1, -0.05) is 36.4 Å². The molecule has 5 nitrogen and oxygen atoms in total. The van der Waals surface area contributed by atoms with E-state index in [0.29, 0.717) is 17.3 Å². The third kappa shape index (κ3) is 7.04. The highest BCUT2D eigenvalue weighted by Crippen LogP contribution is 2.21. The molecule has 0 radical (unpaired) electrons. The molecule has 29 heavy (non-hydrogen) atoms. The number of rotatable bonds is 9. The summed E-state index contributed by atoms with van der Waals surface area (Å²) in [5.41, 5.74) is 3.35. The van der Waals surface area contributed by atoms with Gasteiger partial charge in [0.25, 0.3) is 5.91 Å². The third-order valence-corrected chi connectivity index (χ3v) is 11.3. The number of carbonyl (C=O) groups is 2. The number of hydrogen-bond donors (Lipinski definition) is 2. The average molecular weight is 429 g/mol. The molecule has 0 fully saturated rings. The Bertz CT molecular complexity index is 847. The fourth-order valence-corrected chi connectivity index (χ4v) is 11.4. The molecule has 0 aliphatic rings. The molecule has 2 aromatic rings. The Balaban J connectivity index is 1.99. The third-order valence-electron chi connectivity index (χ3n) is 4.60. The second kappa shape index (κ2) is 9.62. The molecule has 0 heterocycles. The van der Waals surface area contributed by atoms with E-state index in [9.17, 15) is 9.59 Å². The first-order valence-corrected chi connectivity index (χ1v) is 16.1. The summed E-state index contributed by atoms with van der Waals surface area (Å²) in [7, 11) is -1.82. The molecule has 0 unspecified atom stereocenters. The van der Waals surface area contributed by atoms with Crippen LogP contribution in [0.1, 0.15) is 27.6 Å². The summed E-state index contributed by atoms with van der Waals surface area (Å²) in [6.07, 6.45) is 1.48. The SMILES string of the molecule is CNC[Si](C)(C)O[Si](C)(C)CNC(=O)c1ccc(-c2ccc(C(C)=O)cc2)cc1. The molecule has 0 aliphatic carbocycles. The van der Waals surface area contributed by atoms with Crippen molar-refractivity contribution in [3.8, 4) is 11.1 Å². The monoisotopic (exact) mass is 428 g/mol. The zero-order valence-corrected chi connectivity index (χ0v) is 20.3. The Labute approximate surface area is 176 Å². The molecule has 0 saturated heterocycles. The van der Waals surface area contributed by atoms with Crippen LogP contribution in [0, 0.1) is 0 Å². The highest BCUT2D eigenvalue weighted by Gasteiger charge is 2.33. The first kappa shape index (κ1) is 23.2. The van der Waals surface area contributed by atoms with Crippen molar-refractivity contribution >= 4 is 28.3 Å². The summed E-state index contributed by atoms with van der Waals surface area (Å²) in [6, 6.07) is 15.0. The number of hydrogen-bond acceptors (Lipinski definition) is 4. The normalized spacial score (nSPS) is 11.9. The lowest BCUT2D eigenvalue weighted by atomic mass is 10.0. The van der Waals surface area contributed by atoms with E-state index in [1.807, 2.05) is 55.6 Å². The van der Waals surface area contributed by atoms with Crippen molar-refractivity contribution in [1.82, 2.24) is 10.6 Å². The lowest BCUT2D eigenvalue weighted by Gasteiger charge is -2.34. The molecule has 0 aliphatic heterocycles. The van der Waals surface area contributed by atoms with Gasteiger partial charge in [-0.3, -0.25) is 9.59 Å². The van der Waals surface area contributed by atoms with E-state index in [0.717, 1.165) is 17.3 Å². The van der Waals surface area contributed by atoms with Gasteiger partial charge in [0.1, 0.15) is 0 Å². The molecule has 1 amide bonds. The van der Waals surface area contributed by atoms with E-state index >= 15 is 0 Å². The number of amides is 1. The number of Topliss-reactive ketones (excluding diaryl/α,β-unsaturated/α-hetero) is 1. The smallest absolute Gasteiger partial charge is 0.251 e. The minimum atomic E-state index is -1.99. The maximum Gasteiger partial charge on any atom is 0.251 e. The molecule has 0 spiro atoms. The van der Waals surface area contributed by atoms with Crippen LogP contribution in [0.2, 0.25) is 26.2 Å². The number of ketones is 1. The summed E-state index contributed by atoms with van der Waals surface area (Å²) in [5.74, 6) is -0.0308. The van der Waals surface area contributed by atoms with Crippen molar-refractivity contribution in [2.24, 2.45) is 0 Å². The van der Waals surface area contributed by atoms with Gasteiger partial charge in [-0.15, -0.1) is 0 Å². The molecule has 0 atom stereocenters. The Hall–Kier alpha value is -2.07. The van der Waals surface area contributed by atoms with E-state index in [1.54, 1.807) is 6.92 Å². The van der Waals surface area contributed by atoms with E-state index in [-0.39, 0.29) is 11.7 Å². The second-order valence-corrected chi connectivity index (χ2v) is 17.1. The molecule has 2 rings (SSSR count). The fourth-order valence-electron chi connectivity index (χ4n) is 3.35. The number of carbonyl (C=O) groups excluding carboxylic acids is 2. The first-order chi connectivity index (χ1) is 13.5. The van der Waals surface area contributed by atoms with Crippen LogP contribution in [-0.2, 0) is 4.12 Å². The summed E-state index contributed by atoms with van der Waals surface area (Å²) in [5, 5.41) is 6.25. The van der Waals surface area contributed by atoms with Gasteiger partial charge in [0.2, 0.25) is 0 Å². The van der Waals surface area contributed by atoms with Gasteiger partial charge in [0.15, 0.2) is 22.4 Å². The van der Waals surface area contributed by atoms with Crippen molar-refractivity contribution in [2.75, 3.05) is 19.4 Å². The van der Waals surface area contributed by atoms with Crippen molar-refractivity contribution in [2.45, 2.75) is 33.1 Å². The van der Waals surface area contributed by atoms with Crippen molar-refractivity contribution < 1.29 is 13.7 Å². The zero-order chi connectivity index (χ0) is 21.7. The fraction of sp³-hybridized carbons (Fsp3) is 0.364. The highest BCUT2D eigenvalue weighted by atomic mass is 28.4. The van der Waals surface area contributed by atoms with Gasteiger partial charge in [0, 0.05) is 23.5 Å². The minimum absolute atomic E-state index is 0.0519. The summed E-state index contributed by atoms with van der Waals surface area (Å²) in [6.45, 7) is 10.2. The topological polar surface area (TPSA) is 67.4 Å². The second-order valence-electron chi connectivity index (χ2n) is 8.55. The maximum atomic E-state index is 12.6. The van der Waals surface area contributed by atoms with E-state index in [4.69, 9.17) is 4.12 Å². The van der Waals surface area contributed by atoms with Crippen LogP contribution in [0.25, 0.3) is 11.1 Å². The summed E-state index contributed by atoms with van der Waals surface area (Å²) >= 11 is 0. The van der Waals surface area contributed by atoms with Crippen molar-refractivity contribution in [1.29, 1.82) is 0 Å². The largest absolute Gasteiger partial charge is 0.453 e. The molecule has 0 aromatic heterocycles. The van der Waals surface area contributed by atoms with Gasteiger partial charge in [-0.25, -0.2) is 0 Å². The van der Waals surface area contributed by atoms with Gasteiger partial charge in [-0.05, 0) is 63.4 Å². The van der Waals surface area contributed by atoms with Crippen LogP contribution in [0.15, 0.2) is 48.5 Å². The molecule has 7 heteroatoms. The summed E-state index contributed by atoms with van der Waals surface area (Å²) in [4.78, 5) is 24.0. The molecule has 2 N–H and O–H groups in total. The van der Waals surface area contributed by atoms with Gasteiger partial charge in [-0.2, -0.15) is 0 Å². The highest BCUT2D eigenvalue weighted by molar-refractivity contribution is 6.85. The Morgan fingerprint density at radius 2 is 1.24 bits per heavy atom. The van der Waals surface area contributed by atoms with Gasteiger partial charge >= 0.3 is 0 Å². The molecule has 156 valence electrons. The maximum absolute atomic E-state index is 12.6. The lowest BCUT2D eigenvalue weighted by molar-refractivity contribution is 0.0957. The Kier molecular flexibility index (Phi) is 7.70. The van der Waals surface area contributed by atoms with Crippen LogP contribution in [0.4, 0.5) is 0 Å². The molecular weight excluding hydrogens is 396 g/mol. The Morgan fingerprint density at radius 1 is 0.793 bits per heavy atom. The summed E-state index contributed by atoms with van der Waals surface area (Å²) < 4.78 is 6.43. The van der Waals surface area contributed by atoms with Gasteiger partial charge in [0.05, 0.1) is 0 Å². The van der Waals surface area contributed by atoms with Crippen LogP contribution in [0.5, 0.6) is 0 Å². The number of benzene rings is 2. The van der Waals surface area contributed by atoms with Crippen LogP contribution >= 0.6 is 0 Å². The molecule has 0 saturated carbocycles. The zero-order valence-electron chi connectivity index (χ0n) is 18.3. The number of nitrogens with one attached hydrogen (secondary N) is 2. The van der Waals surface area contributed by atoms with E-state index < -0.39 is 16.6 Å². The predicted molar refractivity (Wildman–Crippen MR) is 124 cm³/mol.